The number of methoxy groups -OCH3 is 2. The quantitative estimate of drug-likeness (QED) is 0.439. The van der Waals surface area contributed by atoms with Crippen LogP contribution in [0.15, 0.2) is 45.8 Å². The third kappa shape index (κ3) is 3.77. The molecule has 2 aliphatic rings. The van der Waals surface area contributed by atoms with E-state index in [9.17, 15) is 4.79 Å². The molecular weight excluding hydrogens is 414 g/mol. The number of hydrogen-bond acceptors (Lipinski definition) is 6. The van der Waals surface area contributed by atoms with Crippen LogP contribution in [0, 0.1) is 5.41 Å². The van der Waals surface area contributed by atoms with E-state index in [1.165, 1.54) is 0 Å². The zero-order valence-electron chi connectivity index (χ0n) is 19.2. The van der Waals surface area contributed by atoms with Crippen LogP contribution in [0.5, 0.6) is 5.75 Å². The Labute approximate surface area is 185 Å². The summed E-state index contributed by atoms with van der Waals surface area (Å²) in [4.78, 5) is 16.9. The molecule has 164 valence electrons. The summed E-state index contributed by atoms with van der Waals surface area (Å²) >= 11 is 1.61. The normalized spacial score (nSPS) is 23.9. The van der Waals surface area contributed by atoms with Gasteiger partial charge in [0.1, 0.15) is 17.5 Å². The molecule has 1 heterocycles. The number of allylic oxidation sites excluding steroid dienone is 1. The van der Waals surface area contributed by atoms with Crippen molar-refractivity contribution in [2.45, 2.75) is 49.9 Å². The molecule has 2 atom stereocenters. The van der Waals surface area contributed by atoms with Crippen LogP contribution in [0.4, 0.5) is 5.69 Å². The van der Waals surface area contributed by atoms with Crippen molar-refractivity contribution in [2.75, 3.05) is 32.8 Å². The van der Waals surface area contributed by atoms with Gasteiger partial charge in [0.25, 0.3) is 0 Å². The second kappa shape index (κ2) is 8.18. The molecule has 0 N–H and O–H groups in total. The summed E-state index contributed by atoms with van der Waals surface area (Å²) in [6.45, 7) is 11.3. The lowest BCUT2D eigenvalue weighted by atomic mass is 9.79. The fourth-order valence-corrected chi connectivity index (χ4v) is 5.99. The molecule has 0 saturated heterocycles. The van der Waals surface area contributed by atoms with Crippen molar-refractivity contribution >= 4 is 32.1 Å². The van der Waals surface area contributed by atoms with Crippen LogP contribution in [0.2, 0.25) is 18.1 Å². The van der Waals surface area contributed by atoms with Crippen molar-refractivity contribution in [3.05, 3.63) is 41.0 Å². The van der Waals surface area contributed by atoms with E-state index < -0.39 is 13.7 Å². The summed E-state index contributed by atoms with van der Waals surface area (Å²) in [6.07, 6.45) is 4.68. The molecule has 5 nitrogen and oxygen atoms in total. The Morgan fingerprint density at radius 2 is 1.97 bits per heavy atom. The zero-order chi connectivity index (χ0) is 22.3. The van der Waals surface area contributed by atoms with Crippen LogP contribution in [-0.4, -0.2) is 48.6 Å². The van der Waals surface area contributed by atoms with Crippen LogP contribution >= 0.6 is 11.8 Å². The molecule has 7 heteroatoms. The van der Waals surface area contributed by atoms with E-state index in [1.807, 2.05) is 25.3 Å². The van der Waals surface area contributed by atoms with Crippen molar-refractivity contribution in [3.8, 4) is 5.75 Å². The Balaban J connectivity index is 2.07. The van der Waals surface area contributed by atoms with Crippen molar-refractivity contribution in [1.82, 2.24) is 0 Å². The molecule has 0 aromatic heterocycles. The summed E-state index contributed by atoms with van der Waals surface area (Å²) in [7, 11) is 3.29. The number of anilines is 1. The van der Waals surface area contributed by atoms with E-state index >= 15 is 0 Å². The molecule has 1 aliphatic heterocycles. The van der Waals surface area contributed by atoms with Gasteiger partial charge in [-0.2, -0.15) is 0 Å². The Morgan fingerprint density at radius 1 is 1.27 bits per heavy atom. The summed E-state index contributed by atoms with van der Waals surface area (Å²) in [6, 6.07) is 6.03. The maximum atomic E-state index is 12.7. The number of carbonyl (C=O) groups excluding carboxylic acids is 1. The van der Waals surface area contributed by atoms with Gasteiger partial charge < -0.3 is 23.6 Å². The minimum Gasteiger partial charge on any atom is -0.497 e. The van der Waals surface area contributed by atoms with Gasteiger partial charge in [-0.05, 0) is 42.4 Å². The highest BCUT2D eigenvalue weighted by molar-refractivity contribution is 8.03. The monoisotopic (exact) mass is 447 g/mol. The Bertz CT molecular complexity index is 890. The third-order valence-corrected chi connectivity index (χ3v) is 12.5. The maximum Gasteiger partial charge on any atom is 0.192 e. The molecule has 0 radical (unpaired) electrons. The maximum absolute atomic E-state index is 12.7. The number of fused-ring (bicyclic) bond motifs is 1. The van der Waals surface area contributed by atoms with Gasteiger partial charge >= 0.3 is 0 Å². The predicted octanol–water partition coefficient (Wildman–Crippen LogP) is 5.24. The summed E-state index contributed by atoms with van der Waals surface area (Å²) in [5.74, 6) is 0.794. The molecular formula is C23H33NO4SSi. The Kier molecular flexibility index (Phi) is 6.31. The van der Waals surface area contributed by atoms with Gasteiger partial charge in [-0.3, -0.25) is 0 Å². The van der Waals surface area contributed by atoms with Crippen molar-refractivity contribution in [3.63, 3.8) is 0 Å². The molecule has 1 aliphatic carbocycles. The zero-order valence-corrected chi connectivity index (χ0v) is 21.1. The van der Waals surface area contributed by atoms with Gasteiger partial charge in [0.2, 0.25) is 0 Å². The van der Waals surface area contributed by atoms with Gasteiger partial charge in [-0.1, -0.05) is 38.6 Å². The fraction of sp³-hybridized carbons (Fsp3) is 0.522. The van der Waals surface area contributed by atoms with Gasteiger partial charge in [0.05, 0.1) is 31.2 Å². The number of carbonyl (C=O) groups is 1. The number of likely N-dealkylation sites (N-methyl/N-ethyl adjacent to an activating group) is 1. The number of thioether (sulfide) groups is 1. The molecule has 0 spiro atoms. The standard InChI is InChI=1S/C23H33NO4SSi/c1-22(2,3)30(7,8)28-15-23(14-25)20(27-6)12-11-18-21(23)29-19-13-16(26-5)9-10-17(19)24(18)4/h9-14,20H,15H2,1-8H3. The van der Waals surface area contributed by atoms with Crippen molar-refractivity contribution in [2.24, 2.45) is 5.41 Å². The first kappa shape index (κ1) is 23.1. The van der Waals surface area contributed by atoms with Crippen molar-refractivity contribution in [1.29, 1.82) is 0 Å². The van der Waals surface area contributed by atoms with Crippen LogP contribution in [0.1, 0.15) is 20.8 Å². The summed E-state index contributed by atoms with van der Waals surface area (Å²) < 4.78 is 17.8. The number of nitrogens with zero attached hydrogens (tertiary/aromatic N) is 1. The Hall–Kier alpha value is -1.54. The second-order valence-corrected chi connectivity index (χ2v) is 15.3. The minimum absolute atomic E-state index is 0.0534. The largest absolute Gasteiger partial charge is 0.497 e. The molecule has 3 rings (SSSR count). The minimum atomic E-state index is -2.06. The molecule has 30 heavy (non-hydrogen) atoms. The van der Waals surface area contributed by atoms with Gasteiger partial charge in [0.15, 0.2) is 8.32 Å². The van der Waals surface area contributed by atoms with Crippen LogP contribution in [0.3, 0.4) is 0 Å². The van der Waals surface area contributed by atoms with E-state index in [-0.39, 0.29) is 11.1 Å². The highest BCUT2D eigenvalue weighted by Crippen LogP contribution is 2.54. The second-order valence-electron chi connectivity index (χ2n) is 9.43. The molecule has 1 aromatic rings. The van der Waals surface area contributed by atoms with Crippen LogP contribution in [-0.2, 0) is 14.0 Å². The first-order valence-electron chi connectivity index (χ1n) is 10.2. The SMILES string of the molecule is COc1ccc2c(c1)SC1=C(C=CC(OC)C1(C=O)CO[Si](C)(C)C(C)(C)C)N2C. The average Bonchev–Trinajstić information content (AvgIpc) is 2.71. The number of rotatable bonds is 6. The molecule has 0 fully saturated rings. The first-order valence-corrected chi connectivity index (χ1v) is 13.9. The predicted molar refractivity (Wildman–Crippen MR) is 126 cm³/mol. The van der Waals surface area contributed by atoms with Crippen molar-refractivity contribution < 1.29 is 18.7 Å². The molecule has 1 aromatic carbocycles. The number of ether oxygens (including phenoxy) is 2. The number of aldehydes is 1. The summed E-state index contributed by atoms with van der Waals surface area (Å²) in [5.41, 5.74) is 1.20. The summed E-state index contributed by atoms with van der Waals surface area (Å²) in [5, 5.41) is 0.0534. The lowest BCUT2D eigenvalue weighted by Gasteiger charge is -2.46. The average molecular weight is 448 g/mol. The molecule has 0 amide bonds. The molecule has 0 bridgehead atoms. The highest BCUT2D eigenvalue weighted by atomic mass is 32.2. The number of benzene rings is 1. The highest BCUT2D eigenvalue weighted by Gasteiger charge is 2.50. The van der Waals surface area contributed by atoms with E-state index in [4.69, 9.17) is 13.9 Å². The smallest absolute Gasteiger partial charge is 0.192 e. The van der Waals surface area contributed by atoms with Crippen LogP contribution < -0.4 is 9.64 Å². The fourth-order valence-electron chi connectivity index (χ4n) is 3.53. The van der Waals surface area contributed by atoms with Gasteiger partial charge in [0, 0.05) is 24.0 Å². The lowest BCUT2D eigenvalue weighted by Crippen LogP contribution is -2.50. The van der Waals surface area contributed by atoms with Gasteiger partial charge in [-0.15, -0.1) is 0 Å². The molecule has 2 unspecified atom stereocenters. The number of hydrogen-bond donors (Lipinski definition) is 0. The first-order chi connectivity index (χ1) is 14.0. The third-order valence-electron chi connectivity index (χ3n) is 6.64. The Morgan fingerprint density at radius 3 is 2.53 bits per heavy atom. The molecule has 0 saturated carbocycles. The van der Waals surface area contributed by atoms with Gasteiger partial charge in [-0.25, -0.2) is 0 Å². The van der Waals surface area contributed by atoms with Crippen LogP contribution in [0.25, 0.3) is 0 Å². The van der Waals surface area contributed by atoms with E-state index in [1.54, 1.807) is 26.0 Å². The van der Waals surface area contributed by atoms with E-state index in [2.05, 4.69) is 50.9 Å². The van der Waals surface area contributed by atoms with E-state index in [0.717, 1.165) is 33.2 Å². The lowest BCUT2D eigenvalue weighted by molar-refractivity contribution is -0.121. The topological polar surface area (TPSA) is 48.0 Å². The van der Waals surface area contributed by atoms with E-state index in [0.29, 0.717) is 6.61 Å².